The molecule has 0 spiro atoms. The van der Waals surface area contributed by atoms with E-state index in [9.17, 15) is 4.39 Å². The first-order valence-electron chi connectivity index (χ1n) is 4.77. The molecule has 0 radical (unpaired) electrons. The van der Waals surface area contributed by atoms with Crippen molar-refractivity contribution in [1.82, 2.24) is 10.6 Å². The summed E-state index contributed by atoms with van der Waals surface area (Å²) in [6.07, 6.45) is 0. The quantitative estimate of drug-likeness (QED) is 0.746. The van der Waals surface area contributed by atoms with Crippen LogP contribution in [-0.4, -0.2) is 19.6 Å². The normalized spacial score (nSPS) is 21.7. The molecule has 2 N–H and O–H groups in total. The molecule has 1 aliphatic rings. The molecule has 0 aliphatic carbocycles. The van der Waals surface area contributed by atoms with E-state index < -0.39 is 0 Å². The van der Waals surface area contributed by atoms with Crippen LogP contribution in [0.2, 0.25) is 10.0 Å². The van der Waals surface area contributed by atoms with Gasteiger partial charge in [-0.2, -0.15) is 0 Å². The van der Waals surface area contributed by atoms with E-state index in [0.29, 0.717) is 22.2 Å². The molecule has 0 bridgehead atoms. The van der Waals surface area contributed by atoms with Gasteiger partial charge in [-0.05, 0) is 12.1 Å². The van der Waals surface area contributed by atoms with Crippen LogP contribution < -0.4 is 10.6 Å². The Hall–Kier alpha value is -0.350. The van der Waals surface area contributed by atoms with Crippen LogP contribution in [0.1, 0.15) is 11.6 Å². The number of halogens is 3. The molecule has 2 nitrogen and oxygen atoms in total. The lowest BCUT2D eigenvalue weighted by molar-refractivity contribution is 0.417. The summed E-state index contributed by atoms with van der Waals surface area (Å²) in [5, 5.41) is 7.07. The van der Waals surface area contributed by atoms with Gasteiger partial charge in [-0.25, -0.2) is 4.39 Å². The largest absolute Gasteiger partial charge is 0.314 e. The highest BCUT2D eigenvalue weighted by molar-refractivity contribution is 6.42. The van der Waals surface area contributed by atoms with Gasteiger partial charge in [0.25, 0.3) is 0 Å². The van der Waals surface area contributed by atoms with Crippen LogP contribution in [0.15, 0.2) is 12.1 Å². The third-order valence-corrected chi connectivity index (χ3v) is 3.29. The van der Waals surface area contributed by atoms with Gasteiger partial charge in [0, 0.05) is 31.2 Å². The summed E-state index contributed by atoms with van der Waals surface area (Å²) in [7, 11) is 0. The van der Waals surface area contributed by atoms with Crippen molar-refractivity contribution < 1.29 is 4.39 Å². The van der Waals surface area contributed by atoms with Gasteiger partial charge in [-0.1, -0.05) is 23.2 Å². The van der Waals surface area contributed by atoms with E-state index in [1.165, 1.54) is 12.1 Å². The third-order valence-electron chi connectivity index (χ3n) is 2.47. The summed E-state index contributed by atoms with van der Waals surface area (Å²) in [6, 6.07) is 2.71. The minimum Gasteiger partial charge on any atom is -0.314 e. The zero-order valence-electron chi connectivity index (χ0n) is 7.99. The number of nitrogens with one attached hydrogen (secondary N) is 2. The lowest BCUT2D eigenvalue weighted by Crippen LogP contribution is -2.43. The van der Waals surface area contributed by atoms with Gasteiger partial charge in [0.05, 0.1) is 10.0 Å². The van der Waals surface area contributed by atoms with Crippen LogP contribution >= 0.6 is 23.2 Å². The average molecular weight is 249 g/mol. The highest BCUT2D eigenvalue weighted by Gasteiger charge is 2.22. The van der Waals surface area contributed by atoms with Crippen molar-refractivity contribution in [3.05, 3.63) is 33.6 Å². The van der Waals surface area contributed by atoms with Crippen molar-refractivity contribution in [3.63, 3.8) is 0 Å². The first kappa shape index (κ1) is 11.1. The molecule has 0 saturated carbocycles. The molecule has 0 unspecified atom stereocenters. The SMILES string of the molecule is Fc1ccc(Cl)c(Cl)c1[C@@H]1CNCCN1. The zero-order chi connectivity index (χ0) is 10.8. The molecular weight excluding hydrogens is 238 g/mol. The van der Waals surface area contributed by atoms with Crippen molar-refractivity contribution in [3.8, 4) is 0 Å². The minimum atomic E-state index is -0.314. The number of benzene rings is 1. The van der Waals surface area contributed by atoms with E-state index in [-0.39, 0.29) is 11.9 Å². The maximum Gasteiger partial charge on any atom is 0.129 e. The standard InChI is InChI=1S/C10H11Cl2FN2/c11-6-1-2-7(13)9(10(6)12)8-5-14-3-4-15-8/h1-2,8,14-15H,3-5H2/t8-/m0/s1. The third kappa shape index (κ3) is 2.26. The maximum absolute atomic E-state index is 13.6. The Morgan fingerprint density at radius 3 is 2.73 bits per heavy atom. The molecule has 15 heavy (non-hydrogen) atoms. The van der Waals surface area contributed by atoms with Gasteiger partial charge in [0.15, 0.2) is 0 Å². The molecule has 5 heteroatoms. The Morgan fingerprint density at radius 2 is 2.07 bits per heavy atom. The van der Waals surface area contributed by atoms with Crippen LogP contribution in [0, 0.1) is 5.82 Å². The first-order chi connectivity index (χ1) is 7.20. The van der Waals surface area contributed by atoms with E-state index in [2.05, 4.69) is 10.6 Å². The minimum absolute atomic E-state index is 0.107. The predicted molar refractivity (Wildman–Crippen MR) is 60.0 cm³/mol. The van der Waals surface area contributed by atoms with E-state index >= 15 is 0 Å². The summed E-state index contributed by atoms with van der Waals surface area (Å²) in [5.41, 5.74) is 0.455. The molecule has 1 heterocycles. The fourth-order valence-electron chi connectivity index (χ4n) is 1.72. The van der Waals surface area contributed by atoms with Gasteiger partial charge >= 0.3 is 0 Å². The van der Waals surface area contributed by atoms with Crippen molar-refractivity contribution in [1.29, 1.82) is 0 Å². The summed E-state index contributed by atoms with van der Waals surface area (Å²) in [4.78, 5) is 0. The summed E-state index contributed by atoms with van der Waals surface area (Å²) >= 11 is 11.9. The van der Waals surface area contributed by atoms with Crippen molar-refractivity contribution in [2.45, 2.75) is 6.04 Å². The molecular formula is C10H11Cl2FN2. The Labute approximate surface area is 97.8 Å². The Bertz CT molecular complexity index is 365. The van der Waals surface area contributed by atoms with E-state index in [1.807, 2.05) is 0 Å². The molecule has 82 valence electrons. The molecule has 2 rings (SSSR count). The monoisotopic (exact) mass is 248 g/mol. The van der Waals surface area contributed by atoms with Crippen LogP contribution in [-0.2, 0) is 0 Å². The fourth-order valence-corrected chi connectivity index (χ4v) is 2.17. The van der Waals surface area contributed by atoms with Crippen molar-refractivity contribution in [2.24, 2.45) is 0 Å². The number of piperazine rings is 1. The second-order valence-electron chi connectivity index (χ2n) is 3.47. The van der Waals surface area contributed by atoms with Gasteiger partial charge in [0.2, 0.25) is 0 Å². The predicted octanol–water partition coefficient (Wildman–Crippen LogP) is 2.37. The Morgan fingerprint density at radius 1 is 1.27 bits per heavy atom. The molecule has 1 saturated heterocycles. The number of hydrogen-bond donors (Lipinski definition) is 2. The highest BCUT2D eigenvalue weighted by atomic mass is 35.5. The molecule has 1 atom stereocenters. The second kappa shape index (κ2) is 4.66. The lowest BCUT2D eigenvalue weighted by atomic mass is 10.0. The van der Waals surface area contributed by atoms with E-state index in [4.69, 9.17) is 23.2 Å². The highest BCUT2D eigenvalue weighted by Crippen LogP contribution is 2.32. The lowest BCUT2D eigenvalue weighted by Gasteiger charge is -2.26. The summed E-state index contributed by atoms with van der Waals surface area (Å²) in [5.74, 6) is -0.314. The van der Waals surface area contributed by atoms with Gasteiger partial charge < -0.3 is 10.6 Å². The summed E-state index contributed by atoms with van der Waals surface area (Å²) < 4.78 is 13.6. The fraction of sp³-hybridized carbons (Fsp3) is 0.400. The molecule has 0 aromatic heterocycles. The first-order valence-corrected chi connectivity index (χ1v) is 5.53. The smallest absolute Gasteiger partial charge is 0.129 e. The van der Waals surface area contributed by atoms with Crippen molar-refractivity contribution in [2.75, 3.05) is 19.6 Å². The van der Waals surface area contributed by atoms with Gasteiger partial charge in [-0.15, -0.1) is 0 Å². The van der Waals surface area contributed by atoms with Crippen LogP contribution in [0.3, 0.4) is 0 Å². The zero-order valence-corrected chi connectivity index (χ0v) is 9.50. The molecule has 1 aromatic rings. The van der Waals surface area contributed by atoms with E-state index in [1.54, 1.807) is 0 Å². The molecule has 1 fully saturated rings. The maximum atomic E-state index is 13.6. The molecule has 1 aromatic carbocycles. The topological polar surface area (TPSA) is 24.1 Å². The van der Waals surface area contributed by atoms with Crippen LogP contribution in [0.4, 0.5) is 4.39 Å². The van der Waals surface area contributed by atoms with Crippen LogP contribution in [0.5, 0.6) is 0 Å². The van der Waals surface area contributed by atoms with Crippen molar-refractivity contribution >= 4 is 23.2 Å². The van der Waals surface area contributed by atoms with Gasteiger partial charge in [0.1, 0.15) is 5.82 Å². The number of rotatable bonds is 1. The summed E-state index contributed by atoms with van der Waals surface area (Å²) in [6.45, 7) is 2.35. The Kier molecular flexibility index (Phi) is 3.46. The molecule has 1 aliphatic heterocycles. The average Bonchev–Trinajstić information content (AvgIpc) is 2.26. The number of hydrogen-bond acceptors (Lipinski definition) is 2. The van der Waals surface area contributed by atoms with Gasteiger partial charge in [-0.3, -0.25) is 0 Å². The van der Waals surface area contributed by atoms with Crippen LogP contribution in [0.25, 0.3) is 0 Å². The second-order valence-corrected chi connectivity index (χ2v) is 4.25. The molecule has 0 amide bonds. The Balaban J connectivity index is 2.36. The van der Waals surface area contributed by atoms with E-state index in [0.717, 1.165) is 13.1 Å².